The number of carbonyl (C=O) groups is 4. The second-order valence-corrected chi connectivity index (χ2v) is 9.72. The van der Waals surface area contributed by atoms with Gasteiger partial charge in [-0.25, -0.2) is 0 Å². The molecule has 0 aromatic carbocycles. The molecule has 0 fully saturated rings. The Balaban J connectivity index is 3.18. The maximum absolute atomic E-state index is 13.2. The number of ketones is 1. The zero-order chi connectivity index (χ0) is 25.7. The molecule has 2 amide bonds. The van der Waals surface area contributed by atoms with E-state index >= 15 is 0 Å². The van der Waals surface area contributed by atoms with E-state index in [1.54, 1.807) is 19.1 Å². The van der Waals surface area contributed by atoms with Crippen LogP contribution in [-0.4, -0.2) is 69.2 Å². The number of nitrogens with one attached hydrogen (secondary N) is 2. The van der Waals surface area contributed by atoms with E-state index < -0.39 is 35.8 Å². The van der Waals surface area contributed by atoms with E-state index in [0.29, 0.717) is 19.4 Å². The van der Waals surface area contributed by atoms with Crippen molar-refractivity contribution in [3.63, 3.8) is 0 Å². The van der Waals surface area contributed by atoms with Crippen LogP contribution in [0.4, 0.5) is 0 Å². The van der Waals surface area contributed by atoms with E-state index in [1.165, 1.54) is 7.11 Å². The Bertz CT molecular complexity index is 705. The first-order valence-corrected chi connectivity index (χ1v) is 12.1. The van der Waals surface area contributed by atoms with Crippen molar-refractivity contribution in [2.45, 2.75) is 66.0 Å². The van der Waals surface area contributed by atoms with E-state index in [-0.39, 0.29) is 49.8 Å². The van der Waals surface area contributed by atoms with Crippen molar-refractivity contribution in [3.05, 3.63) is 12.2 Å². The molecule has 0 spiro atoms. The van der Waals surface area contributed by atoms with E-state index in [0.717, 1.165) is 0 Å². The van der Waals surface area contributed by atoms with Crippen molar-refractivity contribution in [2.24, 2.45) is 23.7 Å². The maximum Gasteiger partial charge on any atom is 0.311 e. The highest BCUT2D eigenvalue weighted by molar-refractivity contribution is 5.94. The number of carbonyl (C=O) groups excluding carboxylic acids is 4. The van der Waals surface area contributed by atoms with Crippen LogP contribution in [0, 0.1) is 23.7 Å². The van der Waals surface area contributed by atoms with Gasteiger partial charge in [0.2, 0.25) is 11.8 Å². The van der Waals surface area contributed by atoms with E-state index in [9.17, 15) is 19.2 Å². The summed E-state index contributed by atoms with van der Waals surface area (Å²) in [5.41, 5.74) is 0. The standard InChI is InChI=1S/C25H42N2O7/c1-16(2)11-20-22(28)13-19(25(31)32-6)15-34-10-8-7-9-33-14-18(5)23(29)27-21(12-17(3)4)24(30)26-20/h7-8,16-21H,9-15H2,1-6H3,(H,26,30)(H,27,29)/b8-7+/t18-,19-,20-,21?/m0/s1. The fourth-order valence-electron chi connectivity index (χ4n) is 3.60. The summed E-state index contributed by atoms with van der Waals surface area (Å²) in [6.45, 7) is 10.3. The van der Waals surface area contributed by atoms with Gasteiger partial charge in [-0.15, -0.1) is 0 Å². The molecule has 0 aromatic rings. The summed E-state index contributed by atoms with van der Waals surface area (Å²) in [7, 11) is 1.27. The van der Waals surface area contributed by atoms with Gasteiger partial charge in [0.1, 0.15) is 6.04 Å². The maximum atomic E-state index is 13.2. The average Bonchev–Trinajstić information content (AvgIpc) is 2.76. The van der Waals surface area contributed by atoms with Crippen molar-refractivity contribution < 1.29 is 33.4 Å². The van der Waals surface area contributed by atoms with Crippen LogP contribution in [0.3, 0.4) is 0 Å². The van der Waals surface area contributed by atoms with Gasteiger partial charge in [0.25, 0.3) is 0 Å². The molecule has 0 radical (unpaired) electrons. The number of rotatable bonds is 5. The molecule has 1 unspecified atom stereocenters. The second-order valence-electron chi connectivity index (χ2n) is 9.72. The first-order valence-electron chi connectivity index (χ1n) is 12.1. The van der Waals surface area contributed by atoms with E-state index in [4.69, 9.17) is 14.2 Å². The molecular weight excluding hydrogens is 440 g/mol. The first kappa shape index (κ1) is 29.8. The van der Waals surface area contributed by atoms with Gasteiger partial charge in [0.15, 0.2) is 5.78 Å². The average molecular weight is 483 g/mol. The van der Waals surface area contributed by atoms with Crippen LogP contribution in [0.5, 0.6) is 0 Å². The molecule has 4 atom stereocenters. The van der Waals surface area contributed by atoms with E-state index in [1.807, 2.05) is 27.7 Å². The van der Waals surface area contributed by atoms with Crippen molar-refractivity contribution >= 4 is 23.6 Å². The largest absolute Gasteiger partial charge is 0.469 e. The van der Waals surface area contributed by atoms with E-state index in [2.05, 4.69) is 10.6 Å². The number of esters is 1. The fourth-order valence-corrected chi connectivity index (χ4v) is 3.60. The number of hydrogen-bond donors (Lipinski definition) is 2. The van der Waals surface area contributed by atoms with Gasteiger partial charge in [0, 0.05) is 6.42 Å². The lowest BCUT2D eigenvalue weighted by Gasteiger charge is -2.26. The molecule has 0 aromatic heterocycles. The van der Waals surface area contributed by atoms with Crippen molar-refractivity contribution in [3.8, 4) is 0 Å². The van der Waals surface area contributed by atoms with Crippen LogP contribution in [0.2, 0.25) is 0 Å². The van der Waals surface area contributed by atoms with Crippen LogP contribution in [0.15, 0.2) is 12.2 Å². The molecule has 0 saturated heterocycles. The Morgan fingerprint density at radius 3 is 2.03 bits per heavy atom. The Labute approximate surface area is 203 Å². The van der Waals surface area contributed by atoms with Gasteiger partial charge >= 0.3 is 5.97 Å². The van der Waals surface area contributed by atoms with Crippen molar-refractivity contribution in [2.75, 3.05) is 33.5 Å². The Kier molecular flexibility index (Phi) is 13.7. The predicted molar refractivity (Wildman–Crippen MR) is 128 cm³/mol. The zero-order valence-corrected chi connectivity index (χ0v) is 21.4. The monoisotopic (exact) mass is 482 g/mol. The highest BCUT2D eigenvalue weighted by Crippen LogP contribution is 2.15. The third-order valence-corrected chi connectivity index (χ3v) is 5.46. The summed E-state index contributed by atoms with van der Waals surface area (Å²) in [5.74, 6) is -2.46. The highest BCUT2D eigenvalue weighted by atomic mass is 16.5. The minimum Gasteiger partial charge on any atom is -0.469 e. The van der Waals surface area contributed by atoms with Crippen LogP contribution < -0.4 is 10.6 Å². The molecular formula is C25H42N2O7. The summed E-state index contributed by atoms with van der Waals surface area (Å²) in [6.07, 6.45) is 4.24. The molecule has 1 rings (SSSR count). The van der Waals surface area contributed by atoms with Gasteiger partial charge in [-0.3, -0.25) is 19.2 Å². The summed E-state index contributed by atoms with van der Waals surface area (Å²) in [6, 6.07) is -1.57. The molecule has 9 nitrogen and oxygen atoms in total. The van der Waals surface area contributed by atoms with Crippen LogP contribution in [0.25, 0.3) is 0 Å². The number of methoxy groups -OCH3 is 1. The highest BCUT2D eigenvalue weighted by Gasteiger charge is 2.32. The number of amides is 2. The molecule has 194 valence electrons. The lowest BCUT2D eigenvalue weighted by atomic mass is 9.93. The van der Waals surface area contributed by atoms with Gasteiger partial charge in [-0.2, -0.15) is 0 Å². The molecule has 0 aliphatic carbocycles. The lowest BCUT2D eigenvalue weighted by molar-refractivity contribution is -0.149. The zero-order valence-electron chi connectivity index (χ0n) is 21.4. The minimum absolute atomic E-state index is 0.0228. The van der Waals surface area contributed by atoms with Crippen LogP contribution in [-0.2, 0) is 33.4 Å². The minimum atomic E-state index is -0.786. The molecule has 2 N–H and O–H groups in total. The second kappa shape index (κ2) is 15.6. The molecule has 1 aliphatic heterocycles. The summed E-state index contributed by atoms with van der Waals surface area (Å²) in [5, 5.41) is 5.65. The Morgan fingerprint density at radius 1 is 0.941 bits per heavy atom. The van der Waals surface area contributed by atoms with Gasteiger partial charge in [-0.05, 0) is 24.7 Å². The first-order chi connectivity index (χ1) is 16.0. The van der Waals surface area contributed by atoms with Gasteiger partial charge in [0.05, 0.1) is 51.4 Å². The molecule has 34 heavy (non-hydrogen) atoms. The van der Waals surface area contributed by atoms with Crippen molar-refractivity contribution in [1.82, 2.24) is 10.6 Å². The molecule has 1 heterocycles. The quantitative estimate of drug-likeness (QED) is 0.454. The summed E-state index contributed by atoms with van der Waals surface area (Å²) >= 11 is 0. The predicted octanol–water partition coefficient (Wildman–Crippen LogP) is 2.04. The fraction of sp³-hybridized carbons (Fsp3) is 0.760. The van der Waals surface area contributed by atoms with Gasteiger partial charge in [-0.1, -0.05) is 46.8 Å². The SMILES string of the molecule is COC(=O)[C@@H]1COC/C=C/COC[C@H](C)C(=O)NC(CC(C)C)C(=O)N[C@@H](CC(C)C)C(=O)C1. The van der Waals surface area contributed by atoms with Gasteiger partial charge < -0.3 is 24.8 Å². The topological polar surface area (TPSA) is 120 Å². The third kappa shape index (κ3) is 11.2. The lowest BCUT2D eigenvalue weighted by Crippen LogP contribution is -2.53. The third-order valence-electron chi connectivity index (χ3n) is 5.46. The molecule has 9 heteroatoms. The molecule has 1 aliphatic rings. The normalized spacial score (nSPS) is 27.5. The smallest absolute Gasteiger partial charge is 0.311 e. The van der Waals surface area contributed by atoms with Crippen molar-refractivity contribution in [1.29, 1.82) is 0 Å². The molecule has 0 bridgehead atoms. The molecule has 0 saturated carbocycles. The van der Waals surface area contributed by atoms with Crippen LogP contribution >= 0.6 is 0 Å². The van der Waals surface area contributed by atoms with Crippen LogP contribution in [0.1, 0.15) is 53.9 Å². The Hall–Kier alpha value is -2.26. The number of ether oxygens (including phenoxy) is 3. The summed E-state index contributed by atoms with van der Waals surface area (Å²) in [4.78, 5) is 51.3. The summed E-state index contributed by atoms with van der Waals surface area (Å²) < 4.78 is 15.9. The number of hydrogen-bond acceptors (Lipinski definition) is 7. The number of Topliss-reactive ketones (excluding diaryl/α,β-unsaturated/α-hetero) is 1. The Morgan fingerprint density at radius 2 is 1.47 bits per heavy atom.